The van der Waals surface area contributed by atoms with Gasteiger partial charge >= 0.3 is 0 Å². The van der Waals surface area contributed by atoms with E-state index in [1.807, 2.05) is 31.6 Å². The van der Waals surface area contributed by atoms with Crippen molar-refractivity contribution in [1.82, 2.24) is 35.3 Å². The van der Waals surface area contributed by atoms with Gasteiger partial charge in [-0.15, -0.1) is 5.53 Å². The van der Waals surface area contributed by atoms with Gasteiger partial charge in [-0.2, -0.15) is 5.10 Å². The standard InChI is InChI=1S/C28H39N11/c1-5-9-24(7-3)38-19-23(15-33-38)22-13-31-28(32-14-22)37-11-8-10-20(17-37)18-39-27-26(35-36-39)30-16-25(34-27)21(6-2)12-29-4/h6,12-16,19-20,24,36H,5,7-11,17-18H2,1-4H3,(H,30,35)/b21-6+,29-12?. The molecule has 3 aromatic rings. The van der Waals surface area contributed by atoms with Crippen LogP contribution >= 0.6 is 0 Å². The van der Waals surface area contributed by atoms with Crippen molar-refractivity contribution in [2.75, 3.05) is 42.0 Å². The molecule has 2 atom stereocenters. The van der Waals surface area contributed by atoms with Gasteiger partial charge in [-0.1, -0.05) is 26.3 Å². The van der Waals surface area contributed by atoms with Gasteiger partial charge in [0.25, 0.3) is 0 Å². The number of allylic oxidation sites excluding steroid dienone is 2. The zero-order valence-corrected chi connectivity index (χ0v) is 23.4. The third-order valence-electron chi connectivity index (χ3n) is 7.48. The molecule has 11 nitrogen and oxygen atoms in total. The normalized spacial score (nSPS) is 18.5. The average molecular weight is 530 g/mol. The highest BCUT2D eigenvalue weighted by Gasteiger charge is 2.29. The van der Waals surface area contributed by atoms with Crippen LogP contribution in [0.15, 0.2) is 42.1 Å². The number of aliphatic imine (C=N–C) groups is 1. The topological polar surface area (TPSA) is 112 Å². The Hall–Kier alpha value is -3.86. The Bertz CT molecular complexity index is 1300. The van der Waals surface area contributed by atoms with Gasteiger partial charge in [-0.25, -0.2) is 19.9 Å². The van der Waals surface area contributed by atoms with Gasteiger partial charge in [0.2, 0.25) is 5.95 Å². The fourth-order valence-electron chi connectivity index (χ4n) is 5.36. The molecule has 5 heterocycles. The number of nitrogens with one attached hydrogen (secondary N) is 2. The quantitative estimate of drug-likeness (QED) is 0.365. The van der Waals surface area contributed by atoms with Gasteiger partial charge in [-0.3, -0.25) is 20.1 Å². The molecule has 2 aliphatic heterocycles. The number of nitrogens with zero attached hydrogens (tertiary/aromatic N) is 9. The van der Waals surface area contributed by atoms with E-state index in [1.165, 1.54) is 0 Å². The summed E-state index contributed by atoms with van der Waals surface area (Å²) >= 11 is 0. The van der Waals surface area contributed by atoms with Crippen molar-refractivity contribution in [3.8, 4) is 11.1 Å². The second kappa shape index (κ2) is 12.3. The van der Waals surface area contributed by atoms with Gasteiger partial charge in [-0.05, 0) is 38.5 Å². The van der Waals surface area contributed by atoms with E-state index in [0.717, 1.165) is 91.7 Å². The van der Waals surface area contributed by atoms with E-state index in [-0.39, 0.29) is 0 Å². The van der Waals surface area contributed by atoms with E-state index in [2.05, 4.69) is 60.7 Å². The van der Waals surface area contributed by atoms with Crippen LogP contribution < -0.4 is 20.9 Å². The fraction of sp³-hybridized carbons (Fsp3) is 0.500. The molecule has 5 rings (SSSR count). The molecule has 0 spiro atoms. The minimum absolute atomic E-state index is 0.425. The van der Waals surface area contributed by atoms with E-state index >= 15 is 0 Å². The number of hydrazine groups is 2. The number of piperidine rings is 1. The largest absolute Gasteiger partial charge is 0.340 e. The molecule has 0 saturated carbocycles. The van der Waals surface area contributed by atoms with Crippen LogP contribution in [0.1, 0.15) is 64.6 Å². The summed E-state index contributed by atoms with van der Waals surface area (Å²) in [5, 5.41) is 6.67. The molecule has 0 bridgehead atoms. The summed E-state index contributed by atoms with van der Waals surface area (Å²) in [7, 11) is 1.76. The van der Waals surface area contributed by atoms with Gasteiger partial charge in [0, 0.05) is 68.2 Å². The maximum Gasteiger partial charge on any atom is 0.225 e. The SMILES string of the molecule is C/C=C(\C=NC)c1cnc2c(n1)N(CC1CCCN(c3ncc(-c4cnn(C(CC)CCC)c4)cn3)C1)NN2. The van der Waals surface area contributed by atoms with E-state index in [9.17, 15) is 0 Å². The minimum Gasteiger partial charge on any atom is -0.340 e. The Balaban J connectivity index is 1.24. The lowest BCUT2D eigenvalue weighted by Gasteiger charge is -2.34. The lowest BCUT2D eigenvalue weighted by Crippen LogP contribution is -2.45. The van der Waals surface area contributed by atoms with Gasteiger partial charge in [0.1, 0.15) is 0 Å². The Kier molecular flexibility index (Phi) is 8.45. The van der Waals surface area contributed by atoms with Crippen molar-refractivity contribution in [3.63, 3.8) is 0 Å². The van der Waals surface area contributed by atoms with Gasteiger partial charge < -0.3 is 4.90 Å². The van der Waals surface area contributed by atoms with Crippen LogP contribution in [-0.2, 0) is 0 Å². The summed E-state index contributed by atoms with van der Waals surface area (Å²) in [4.78, 5) is 25.3. The van der Waals surface area contributed by atoms with Crippen molar-refractivity contribution < 1.29 is 0 Å². The molecule has 0 amide bonds. The molecule has 206 valence electrons. The highest BCUT2D eigenvalue weighted by molar-refractivity contribution is 6.08. The zero-order chi connectivity index (χ0) is 27.2. The predicted molar refractivity (Wildman–Crippen MR) is 157 cm³/mol. The monoisotopic (exact) mass is 529 g/mol. The van der Waals surface area contributed by atoms with E-state index in [0.29, 0.717) is 12.0 Å². The molecule has 0 radical (unpaired) electrons. The molecule has 2 N–H and O–H groups in total. The smallest absolute Gasteiger partial charge is 0.225 e. The van der Waals surface area contributed by atoms with Crippen LogP contribution in [-0.4, -0.2) is 62.6 Å². The molecule has 3 aromatic heterocycles. The molecule has 39 heavy (non-hydrogen) atoms. The van der Waals surface area contributed by atoms with Crippen LogP contribution in [0, 0.1) is 5.92 Å². The summed E-state index contributed by atoms with van der Waals surface area (Å²) in [6, 6.07) is 0.439. The fourth-order valence-corrected chi connectivity index (χ4v) is 5.36. The van der Waals surface area contributed by atoms with Crippen LogP contribution in [0.5, 0.6) is 0 Å². The first kappa shape index (κ1) is 26.7. The number of rotatable bonds is 10. The average Bonchev–Trinajstić information content (AvgIpc) is 3.62. The number of fused-ring (bicyclic) bond motifs is 1. The molecule has 1 saturated heterocycles. The van der Waals surface area contributed by atoms with Crippen molar-refractivity contribution in [2.45, 2.75) is 58.9 Å². The third kappa shape index (κ3) is 5.93. The first-order valence-electron chi connectivity index (χ1n) is 14.0. The van der Waals surface area contributed by atoms with Crippen LogP contribution in [0.3, 0.4) is 0 Å². The van der Waals surface area contributed by atoms with E-state index < -0.39 is 0 Å². The molecule has 1 fully saturated rings. The lowest BCUT2D eigenvalue weighted by molar-refractivity contribution is 0.401. The lowest BCUT2D eigenvalue weighted by atomic mass is 9.98. The second-order valence-electron chi connectivity index (χ2n) is 10.2. The molecule has 0 aromatic carbocycles. The summed E-state index contributed by atoms with van der Waals surface area (Å²) < 4.78 is 2.09. The van der Waals surface area contributed by atoms with Crippen molar-refractivity contribution in [3.05, 3.63) is 42.8 Å². The minimum atomic E-state index is 0.425. The van der Waals surface area contributed by atoms with E-state index in [4.69, 9.17) is 15.0 Å². The van der Waals surface area contributed by atoms with Crippen LogP contribution in [0.25, 0.3) is 16.7 Å². The molecule has 2 unspecified atom stereocenters. The van der Waals surface area contributed by atoms with Crippen LogP contribution in [0.2, 0.25) is 0 Å². The summed E-state index contributed by atoms with van der Waals surface area (Å²) in [6.45, 7) is 9.05. The number of hydrogen-bond acceptors (Lipinski definition) is 10. The summed E-state index contributed by atoms with van der Waals surface area (Å²) in [5.74, 6) is 2.74. The summed E-state index contributed by atoms with van der Waals surface area (Å²) in [5.41, 5.74) is 10.2. The van der Waals surface area contributed by atoms with Crippen molar-refractivity contribution >= 4 is 29.4 Å². The van der Waals surface area contributed by atoms with Crippen molar-refractivity contribution in [1.29, 1.82) is 0 Å². The molecule has 0 aliphatic carbocycles. The van der Waals surface area contributed by atoms with E-state index in [1.54, 1.807) is 19.5 Å². The maximum atomic E-state index is 4.87. The first-order chi connectivity index (χ1) is 19.1. The third-order valence-corrected chi connectivity index (χ3v) is 7.48. The Morgan fingerprint density at radius 1 is 1.15 bits per heavy atom. The van der Waals surface area contributed by atoms with Crippen molar-refractivity contribution in [2.24, 2.45) is 10.9 Å². The predicted octanol–water partition coefficient (Wildman–Crippen LogP) is 4.55. The molecular weight excluding hydrogens is 490 g/mol. The molecule has 11 heteroatoms. The highest BCUT2D eigenvalue weighted by Crippen LogP contribution is 2.29. The highest BCUT2D eigenvalue weighted by atomic mass is 15.7. The number of anilines is 3. The van der Waals surface area contributed by atoms with Crippen LogP contribution in [0.4, 0.5) is 17.6 Å². The Morgan fingerprint density at radius 2 is 2.00 bits per heavy atom. The second-order valence-corrected chi connectivity index (χ2v) is 10.2. The Morgan fingerprint density at radius 3 is 2.74 bits per heavy atom. The number of aromatic nitrogens is 6. The van der Waals surface area contributed by atoms with Gasteiger partial charge in [0.05, 0.1) is 24.1 Å². The first-order valence-corrected chi connectivity index (χ1v) is 14.0. The Labute approximate surface area is 230 Å². The summed E-state index contributed by atoms with van der Waals surface area (Å²) in [6.07, 6.45) is 19.0. The molecule has 2 aliphatic rings. The maximum absolute atomic E-state index is 4.87. The number of hydrogen-bond donors (Lipinski definition) is 2. The van der Waals surface area contributed by atoms with Gasteiger partial charge in [0.15, 0.2) is 11.6 Å². The molecular formula is C28H39N11. The zero-order valence-electron chi connectivity index (χ0n) is 23.4.